The number of likely N-dealkylation sites (tertiary alicyclic amines) is 1. The number of phenols is 1. The summed E-state index contributed by atoms with van der Waals surface area (Å²) in [5.74, 6) is 0.813. The number of carbonyl (C=O) groups excluding carboxylic acids is 2. The van der Waals surface area contributed by atoms with Crippen LogP contribution in [0.5, 0.6) is 11.5 Å². The minimum Gasteiger partial charge on any atom is -0.508 e. The van der Waals surface area contributed by atoms with Gasteiger partial charge in [0.1, 0.15) is 23.3 Å². The first-order valence-corrected chi connectivity index (χ1v) is 8.49. The number of ether oxygens (including phenoxy) is 1. The Hall–Kier alpha value is -3.03. The van der Waals surface area contributed by atoms with E-state index in [9.17, 15) is 14.7 Å². The second-order valence-corrected chi connectivity index (χ2v) is 6.33. The number of aromatic hydroxyl groups is 1. The number of aromatic nitrogens is 2. The van der Waals surface area contributed by atoms with Crippen LogP contribution in [0, 0.1) is 0 Å². The maximum atomic E-state index is 12.7. The first kappa shape index (κ1) is 17.8. The molecule has 0 saturated carbocycles. The summed E-state index contributed by atoms with van der Waals surface area (Å²) in [6, 6.07) is 8.29. The van der Waals surface area contributed by atoms with Gasteiger partial charge in [0, 0.05) is 52.0 Å². The zero-order chi connectivity index (χ0) is 18.7. The normalized spacial score (nSPS) is 14.9. The number of carbonyl (C=O) groups is 2. The minimum absolute atomic E-state index is 0.00216. The highest BCUT2D eigenvalue weighted by molar-refractivity contribution is 5.95. The molecule has 26 heavy (non-hydrogen) atoms. The van der Waals surface area contributed by atoms with Crippen LogP contribution in [0.4, 0.5) is 5.82 Å². The number of amides is 2. The van der Waals surface area contributed by atoms with Crippen LogP contribution in [0.25, 0.3) is 0 Å². The Labute approximate surface area is 151 Å². The van der Waals surface area contributed by atoms with Crippen molar-refractivity contribution in [2.24, 2.45) is 7.05 Å². The van der Waals surface area contributed by atoms with E-state index in [1.807, 2.05) is 0 Å². The first-order chi connectivity index (χ1) is 12.4. The molecular weight excluding hydrogens is 336 g/mol. The molecule has 2 N–H and O–H groups in total. The van der Waals surface area contributed by atoms with Crippen LogP contribution in [-0.2, 0) is 11.8 Å². The maximum Gasteiger partial charge on any atom is 0.272 e. The van der Waals surface area contributed by atoms with Gasteiger partial charge in [-0.05, 0) is 12.1 Å². The zero-order valence-corrected chi connectivity index (χ0v) is 14.8. The van der Waals surface area contributed by atoms with Crippen LogP contribution in [0.1, 0.15) is 30.3 Å². The van der Waals surface area contributed by atoms with Crippen molar-refractivity contribution in [1.82, 2.24) is 14.7 Å². The summed E-state index contributed by atoms with van der Waals surface area (Å²) in [4.78, 5) is 25.6. The Morgan fingerprint density at radius 1 is 1.27 bits per heavy atom. The fourth-order valence-electron chi connectivity index (χ4n) is 3.00. The highest BCUT2D eigenvalue weighted by atomic mass is 16.5. The summed E-state index contributed by atoms with van der Waals surface area (Å²) < 4.78 is 7.35. The first-order valence-electron chi connectivity index (χ1n) is 8.49. The van der Waals surface area contributed by atoms with E-state index in [2.05, 4.69) is 10.4 Å². The van der Waals surface area contributed by atoms with Crippen molar-refractivity contribution in [2.75, 3.05) is 18.4 Å². The largest absolute Gasteiger partial charge is 0.508 e. The third kappa shape index (κ3) is 4.14. The standard InChI is InChI=1S/C18H22N4O4/c1-12(23)19-17-11-16(21(2)20-17)18(25)22-8-6-14(7-9-22)26-15-5-3-4-13(24)10-15/h3-5,10-11,14,24H,6-9H2,1-2H3,(H,19,20,23). The summed E-state index contributed by atoms with van der Waals surface area (Å²) >= 11 is 0. The van der Waals surface area contributed by atoms with Crippen LogP contribution in [0.2, 0.25) is 0 Å². The lowest BCUT2D eigenvalue weighted by Gasteiger charge is -2.32. The average Bonchev–Trinajstić information content (AvgIpc) is 2.94. The smallest absolute Gasteiger partial charge is 0.272 e. The predicted molar refractivity (Wildman–Crippen MR) is 95.2 cm³/mol. The molecule has 2 amide bonds. The number of hydrogen-bond donors (Lipinski definition) is 2. The lowest BCUT2D eigenvalue weighted by molar-refractivity contribution is -0.114. The van der Waals surface area contributed by atoms with Gasteiger partial charge in [-0.15, -0.1) is 0 Å². The van der Waals surface area contributed by atoms with Gasteiger partial charge in [-0.3, -0.25) is 14.3 Å². The van der Waals surface area contributed by atoms with E-state index in [4.69, 9.17) is 4.74 Å². The molecule has 8 nitrogen and oxygen atoms in total. The number of hydrogen-bond acceptors (Lipinski definition) is 5. The molecule has 1 fully saturated rings. The molecule has 2 heterocycles. The van der Waals surface area contributed by atoms with Gasteiger partial charge in [0.25, 0.3) is 5.91 Å². The monoisotopic (exact) mass is 358 g/mol. The quantitative estimate of drug-likeness (QED) is 0.868. The van der Waals surface area contributed by atoms with Gasteiger partial charge in [0.2, 0.25) is 5.91 Å². The van der Waals surface area contributed by atoms with Crippen molar-refractivity contribution in [3.63, 3.8) is 0 Å². The number of aryl methyl sites for hydroxylation is 1. The molecule has 0 spiro atoms. The van der Waals surface area contributed by atoms with Crippen molar-refractivity contribution in [3.05, 3.63) is 36.0 Å². The van der Waals surface area contributed by atoms with Gasteiger partial charge in [-0.25, -0.2) is 0 Å². The molecule has 1 aliphatic heterocycles. The van der Waals surface area contributed by atoms with Crippen molar-refractivity contribution in [3.8, 4) is 11.5 Å². The van der Waals surface area contributed by atoms with Crippen molar-refractivity contribution < 1.29 is 19.4 Å². The lowest BCUT2D eigenvalue weighted by Crippen LogP contribution is -2.42. The van der Waals surface area contributed by atoms with E-state index >= 15 is 0 Å². The topological polar surface area (TPSA) is 96.7 Å². The lowest BCUT2D eigenvalue weighted by atomic mass is 10.1. The molecule has 1 aromatic carbocycles. The van der Waals surface area contributed by atoms with E-state index in [-0.39, 0.29) is 23.7 Å². The van der Waals surface area contributed by atoms with Crippen molar-refractivity contribution in [2.45, 2.75) is 25.9 Å². The fraction of sp³-hybridized carbons (Fsp3) is 0.389. The molecule has 1 aliphatic rings. The van der Waals surface area contributed by atoms with Gasteiger partial charge in [-0.2, -0.15) is 5.10 Å². The molecule has 0 atom stereocenters. The Balaban J connectivity index is 1.58. The third-order valence-electron chi connectivity index (χ3n) is 4.25. The molecular formula is C18H22N4O4. The molecule has 138 valence electrons. The zero-order valence-electron chi connectivity index (χ0n) is 14.8. The van der Waals surface area contributed by atoms with Crippen LogP contribution < -0.4 is 10.1 Å². The SMILES string of the molecule is CC(=O)Nc1cc(C(=O)N2CCC(Oc3cccc(O)c3)CC2)n(C)n1. The van der Waals surface area contributed by atoms with Crippen molar-refractivity contribution in [1.29, 1.82) is 0 Å². The highest BCUT2D eigenvalue weighted by Gasteiger charge is 2.27. The van der Waals surface area contributed by atoms with Crippen molar-refractivity contribution >= 4 is 17.6 Å². The summed E-state index contributed by atoms with van der Waals surface area (Å²) in [5.41, 5.74) is 0.432. The van der Waals surface area contributed by atoms with Gasteiger partial charge in [0.05, 0.1) is 0 Å². The van der Waals surface area contributed by atoms with Crippen LogP contribution in [0.15, 0.2) is 30.3 Å². The Morgan fingerprint density at radius 3 is 2.65 bits per heavy atom. The van der Waals surface area contributed by atoms with Gasteiger partial charge in [-0.1, -0.05) is 6.07 Å². The number of benzene rings is 1. The van der Waals surface area contributed by atoms with Crippen LogP contribution in [-0.4, -0.2) is 50.8 Å². The molecule has 8 heteroatoms. The number of nitrogens with one attached hydrogen (secondary N) is 1. The molecule has 3 rings (SSSR count). The summed E-state index contributed by atoms with van der Waals surface area (Å²) in [6.45, 7) is 2.54. The number of piperidine rings is 1. The minimum atomic E-state index is -0.230. The number of phenolic OH excluding ortho intramolecular Hbond substituents is 1. The molecule has 1 aromatic heterocycles. The second-order valence-electron chi connectivity index (χ2n) is 6.33. The molecule has 0 radical (unpaired) electrons. The average molecular weight is 358 g/mol. The summed E-state index contributed by atoms with van der Waals surface area (Å²) in [7, 11) is 1.68. The van der Waals surface area contributed by atoms with E-state index in [0.29, 0.717) is 43.2 Å². The van der Waals surface area contributed by atoms with Crippen LogP contribution >= 0.6 is 0 Å². The molecule has 2 aromatic rings. The van der Waals surface area contributed by atoms with E-state index in [1.54, 1.807) is 42.3 Å². The molecule has 1 saturated heterocycles. The maximum absolute atomic E-state index is 12.7. The van der Waals surface area contributed by atoms with E-state index < -0.39 is 0 Å². The van der Waals surface area contributed by atoms with E-state index in [1.165, 1.54) is 11.6 Å². The fourth-order valence-corrected chi connectivity index (χ4v) is 3.00. The molecule has 0 bridgehead atoms. The Bertz CT molecular complexity index is 809. The van der Waals surface area contributed by atoms with Gasteiger partial charge >= 0.3 is 0 Å². The van der Waals surface area contributed by atoms with Gasteiger partial charge < -0.3 is 20.1 Å². The molecule has 0 unspecified atom stereocenters. The number of nitrogens with zero attached hydrogens (tertiary/aromatic N) is 3. The number of rotatable bonds is 4. The van der Waals surface area contributed by atoms with E-state index in [0.717, 1.165) is 0 Å². The highest BCUT2D eigenvalue weighted by Crippen LogP contribution is 2.23. The number of anilines is 1. The molecule has 0 aliphatic carbocycles. The Kier molecular flexibility index (Phi) is 5.11. The predicted octanol–water partition coefficient (Wildman–Crippen LogP) is 1.77. The Morgan fingerprint density at radius 2 is 2.00 bits per heavy atom. The second kappa shape index (κ2) is 7.47. The van der Waals surface area contributed by atoms with Gasteiger partial charge in [0.15, 0.2) is 5.82 Å². The van der Waals surface area contributed by atoms with Crippen LogP contribution in [0.3, 0.4) is 0 Å². The third-order valence-corrected chi connectivity index (χ3v) is 4.25. The summed E-state index contributed by atoms with van der Waals surface area (Å²) in [6.07, 6.45) is 1.41. The summed E-state index contributed by atoms with van der Waals surface area (Å²) in [5, 5.41) is 16.2.